The fourth-order valence-electron chi connectivity index (χ4n) is 2.56. The van der Waals surface area contributed by atoms with Gasteiger partial charge < -0.3 is 10.6 Å². The van der Waals surface area contributed by atoms with Crippen molar-refractivity contribution < 1.29 is 0 Å². The number of hydrogen-bond donors (Lipinski definition) is 2. The Morgan fingerprint density at radius 3 is 2.88 bits per heavy atom. The number of fused-ring (bicyclic) bond motifs is 1. The summed E-state index contributed by atoms with van der Waals surface area (Å²) >= 11 is 0. The first-order chi connectivity index (χ1) is 8.16. The lowest BCUT2D eigenvalue weighted by Gasteiger charge is -2.21. The average Bonchev–Trinajstić information content (AvgIpc) is 3.05. The summed E-state index contributed by atoms with van der Waals surface area (Å²) in [6.45, 7) is 0. The van der Waals surface area contributed by atoms with Crippen LogP contribution < -0.4 is 10.6 Å². The van der Waals surface area contributed by atoms with E-state index in [0.717, 1.165) is 24.2 Å². The zero-order chi connectivity index (χ0) is 12.0. The van der Waals surface area contributed by atoms with Crippen LogP contribution in [0.5, 0.6) is 0 Å². The van der Waals surface area contributed by atoms with Crippen LogP contribution in [0.15, 0.2) is 6.07 Å². The van der Waals surface area contributed by atoms with Crippen LogP contribution in [-0.4, -0.2) is 23.9 Å². The summed E-state index contributed by atoms with van der Waals surface area (Å²) in [5.41, 5.74) is 8.98. The number of aryl methyl sites for hydroxylation is 2. The minimum absolute atomic E-state index is 0.134. The number of nitrogens with two attached hydrogens (primary N) is 1. The molecule has 0 spiro atoms. The first-order valence-corrected chi connectivity index (χ1v) is 6.27. The van der Waals surface area contributed by atoms with Gasteiger partial charge in [0, 0.05) is 18.8 Å². The Morgan fingerprint density at radius 1 is 1.47 bits per heavy atom. The lowest BCUT2D eigenvalue weighted by atomic mass is 10.1. The molecule has 0 atom stereocenters. The van der Waals surface area contributed by atoms with Gasteiger partial charge in [-0.3, -0.25) is 5.41 Å². The molecule has 0 bridgehead atoms. The second-order valence-corrected chi connectivity index (χ2v) is 5.07. The lowest BCUT2D eigenvalue weighted by molar-refractivity contribution is 0.868. The molecule has 0 amide bonds. The van der Waals surface area contributed by atoms with Crippen molar-refractivity contribution >= 4 is 11.7 Å². The predicted molar refractivity (Wildman–Crippen MR) is 68.7 cm³/mol. The minimum Gasteiger partial charge on any atom is -0.384 e. The minimum atomic E-state index is 0.134. The Balaban J connectivity index is 2.07. The summed E-state index contributed by atoms with van der Waals surface area (Å²) in [6.07, 6.45) is 5.78. The van der Waals surface area contributed by atoms with Crippen LogP contribution in [0, 0.1) is 5.41 Å². The molecule has 1 fully saturated rings. The molecule has 4 nitrogen and oxygen atoms in total. The molecule has 4 heteroatoms. The van der Waals surface area contributed by atoms with Gasteiger partial charge in [-0.2, -0.15) is 0 Å². The third-order valence-electron chi connectivity index (χ3n) is 3.75. The highest BCUT2D eigenvalue weighted by Crippen LogP contribution is 2.33. The van der Waals surface area contributed by atoms with Crippen LogP contribution in [0.2, 0.25) is 0 Å². The Morgan fingerprint density at radius 2 is 2.24 bits per heavy atom. The summed E-state index contributed by atoms with van der Waals surface area (Å²) in [6, 6.07) is 2.67. The van der Waals surface area contributed by atoms with E-state index in [9.17, 15) is 0 Å². The van der Waals surface area contributed by atoms with Crippen LogP contribution in [0.1, 0.15) is 36.1 Å². The van der Waals surface area contributed by atoms with E-state index in [4.69, 9.17) is 16.1 Å². The molecule has 90 valence electrons. The topological polar surface area (TPSA) is 66.0 Å². The van der Waals surface area contributed by atoms with Crippen molar-refractivity contribution in [1.29, 1.82) is 5.41 Å². The zero-order valence-electron chi connectivity index (χ0n) is 10.2. The van der Waals surface area contributed by atoms with Gasteiger partial charge in [0.2, 0.25) is 0 Å². The number of hydrogen-bond acceptors (Lipinski definition) is 3. The molecule has 3 N–H and O–H groups in total. The SMILES string of the molecule is CN(c1nc2c(cc1C(=N)N)CCC2)C1CC1. The van der Waals surface area contributed by atoms with Gasteiger partial charge in [-0.1, -0.05) is 0 Å². The molecule has 1 heterocycles. The van der Waals surface area contributed by atoms with E-state index in [2.05, 4.69) is 18.0 Å². The quantitative estimate of drug-likeness (QED) is 0.610. The summed E-state index contributed by atoms with van der Waals surface area (Å²) in [7, 11) is 2.06. The molecule has 17 heavy (non-hydrogen) atoms. The molecule has 1 aromatic heterocycles. The second kappa shape index (κ2) is 3.72. The van der Waals surface area contributed by atoms with Crippen molar-refractivity contribution in [2.75, 3.05) is 11.9 Å². The van der Waals surface area contributed by atoms with Gasteiger partial charge in [0.1, 0.15) is 11.7 Å². The predicted octanol–water partition coefficient (Wildman–Crippen LogP) is 1.45. The average molecular weight is 230 g/mol. The smallest absolute Gasteiger partial charge is 0.139 e. The molecule has 3 rings (SSSR count). The molecule has 2 aliphatic rings. The third-order valence-corrected chi connectivity index (χ3v) is 3.75. The van der Waals surface area contributed by atoms with Crippen molar-refractivity contribution in [2.24, 2.45) is 5.73 Å². The van der Waals surface area contributed by atoms with Gasteiger partial charge in [0.05, 0.1) is 5.56 Å². The van der Waals surface area contributed by atoms with Gasteiger partial charge in [0.25, 0.3) is 0 Å². The Hall–Kier alpha value is -1.58. The summed E-state index contributed by atoms with van der Waals surface area (Å²) in [4.78, 5) is 6.93. The molecule has 0 saturated heterocycles. The van der Waals surface area contributed by atoms with Crippen molar-refractivity contribution in [3.63, 3.8) is 0 Å². The number of pyridine rings is 1. The Bertz CT molecular complexity index is 477. The molecule has 0 radical (unpaired) electrons. The van der Waals surface area contributed by atoms with Crippen LogP contribution >= 0.6 is 0 Å². The number of anilines is 1. The standard InChI is InChI=1S/C13H18N4/c1-17(9-5-6-9)13-10(12(14)15)7-8-3-2-4-11(8)16-13/h7,9H,2-6H2,1H3,(H3,14,15). The Labute approximate surface area is 101 Å². The molecule has 1 saturated carbocycles. The van der Waals surface area contributed by atoms with Gasteiger partial charge in [0.15, 0.2) is 0 Å². The van der Waals surface area contributed by atoms with E-state index in [1.54, 1.807) is 0 Å². The lowest BCUT2D eigenvalue weighted by Crippen LogP contribution is -2.26. The van der Waals surface area contributed by atoms with E-state index < -0.39 is 0 Å². The van der Waals surface area contributed by atoms with Gasteiger partial charge in [-0.05, 0) is 43.7 Å². The number of nitrogen functional groups attached to an aromatic ring is 1. The monoisotopic (exact) mass is 230 g/mol. The number of amidine groups is 1. The highest BCUT2D eigenvalue weighted by Gasteiger charge is 2.30. The zero-order valence-corrected chi connectivity index (χ0v) is 10.2. The maximum Gasteiger partial charge on any atom is 0.139 e. The van der Waals surface area contributed by atoms with Crippen LogP contribution in [0.25, 0.3) is 0 Å². The molecular weight excluding hydrogens is 212 g/mol. The summed E-state index contributed by atoms with van der Waals surface area (Å²) in [5.74, 6) is 1.04. The number of nitrogens with zero attached hydrogens (tertiary/aromatic N) is 2. The van der Waals surface area contributed by atoms with E-state index in [-0.39, 0.29) is 5.84 Å². The van der Waals surface area contributed by atoms with Crippen molar-refractivity contribution in [3.05, 3.63) is 22.9 Å². The first kappa shape index (κ1) is 10.6. The molecule has 0 unspecified atom stereocenters. The van der Waals surface area contributed by atoms with Gasteiger partial charge in [-0.25, -0.2) is 4.98 Å². The number of aromatic nitrogens is 1. The molecular formula is C13H18N4. The number of rotatable bonds is 3. The molecule has 2 aliphatic carbocycles. The van der Waals surface area contributed by atoms with Crippen molar-refractivity contribution in [1.82, 2.24) is 4.98 Å². The van der Waals surface area contributed by atoms with E-state index >= 15 is 0 Å². The first-order valence-electron chi connectivity index (χ1n) is 6.27. The molecule has 0 aromatic carbocycles. The van der Waals surface area contributed by atoms with E-state index in [0.29, 0.717) is 6.04 Å². The van der Waals surface area contributed by atoms with Crippen molar-refractivity contribution in [2.45, 2.75) is 38.1 Å². The summed E-state index contributed by atoms with van der Waals surface area (Å²) < 4.78 is 0. The summed E-state index contributed by atoms with van der Waals surface area (Å²) in [5, 5.41) is 7.70. The van der Waals surface area contributed by atoms with Gasteiger partial charge >= 0.3 is 0 Å². The Kier molecular flexibility index (Phi) is 2.31. The van der Waals surface area contributed by atoms with Gasteiger partial charge in [-0.15, -0.1) is 0 Å². The van der Waals surface area contributed by atoms with Crippen molar-refractivity contribution in [3.8, 4) is 0 Å². The van der Waals surface area contributed by atoms with Crippen LogP contribution in [0.4, 0.5) is 5.82 Å². The van der Waals surface area contributed by atoms with Crippen LogP contribution in [0.3, 0.4) is 0 Å². The molecule has 1 aromatic rings. The number of nitrogens with one attached hydrogen (secondary N) is 1. The normalized spacial score (nSPS) is 17.9. The second-order valence-electron chi connectivity index (χ2n) is 5.07. The highest BCUT2D eigenvalue weighted by atomic mass is 15.2. The fourth-order valence-corrected chi connectivity index (χ4v) is 2.56. The highest BCUT2D eigenvalue weighted by molar-refractivity contribution is 6.00. The fraction of sp³-hybridized carbons (Fsp3) is 0.538. The van der Waals surface area contributed by atoms with E-state index in [1.165, 1.54) is 30.5 Å². The maximum absolute atomic E-state index is 7.70. The largest absolute Gasteiger partial charge is 0.384 e. The third kappa shape index (κ3) is 1.77. The molecule has 0 aliphatic heterocycles. The van der Waals surface area contributed by atoms with Crippen LogP contribution in [-0.2, 0) is 12.8 Å². The van der Waals surface area contributed by atoms with E-state index in [1.807, 2.05) is 0 Å². The maximum atomic E-state index is 7.70.